The molecule has 1 atom stereocenters. The van der Waals surface area contributed by atoms with Crippen molar-refractivity contribution in [2.24, 2.45) is 0 Å². The van der Waals surface area contributed by atoms with Crippen LogP contribution in [-0.2, 0) is 4.79 Å². The highest BCUT2D eigenvalue weighted by Gasteiger charge is 2.00. The predicted octanol–water partition coefficient (Wildman–Crippen LogP) is 3.74. The van der Waals surface area contributed by atoms with E-state index in [4.69, 9.17) is 5.11 Å². The number of hydrogen-bond acceptors (Lipinski definition) is 2. The quantitative estimate of drug-likeness (QED) is 0.514. The van der Waals surface area contributed by atoms with Gasteiger partial charge in [-0.25, -0.2) is 0 Å². The summed E-state index contributed by atoms with van der Waals surface area (Å²) in [6.45, 7) is 2.02. The Bertz CT molecular complexity index is 180. The summed E-state index contributed by atoms with van der Waals surface area (Å²) >= 11 is 0. The molecule has 0 aromatic rings. The van der Waals surface area contributed by atoms with E-state index in [0.717, 1.165) is 38.5 Å². The number of carboxylic acids is 1. The lowest BCUT2D eigenvalue weighted by atomic mass is 10.0. The molecule has 0 aromatic carbocycles. The van der Waals surface area contributed by atoms with Crippen LogP contribution >= 0.6 is 0 Å². The standard InChI is InChI=1S/C14H28O3/c1-2-13(15)11-9-7-5-3-4-6-8-10-12-14(16)17/h13,15H,2-12H2,1H3,(H,16,17). The van der Waals surface area contributed by atoms with Gasteiger partial charge in [-0.2, -0.15) is 0 Å². The van der Waals surface area contributed by atoms with E-state index >= 15 is 0 Å². The molecule has 0 aliphatic rings. The maximum atomic E-state index is 10.3. The Morgan fingerprint density at radius 2 is 1.41 bits per heavy atom. The van der Waals surface area contributed by atoms with E-state index in [9.17, 15) is 9.90 Å². The van der Waals surface area contributed by atoms with Crippen molar-refractivity contribution < 1.29 is 15.0 Å². The fourth-order valence-electron chi connectivity index (χ4n) is 1.92. The number of unbranched alkanes of at least 4 members (excludes halogenated alkanes) is 7. The average Bonchev–Trinajstić information content (AvgIpc) is 2.30. The van der Waals surface area contributed by atoms with Crippen LogP contribution in [0.3, 0.4) is 0 Å². The van der Waals surface area contributed by atoms with Crippen LogP contribution in [0.15, 0.2) is 0 Å². The minimum absolute atomic E-state index is 0.106. The average molecular weight is 244 g/mol. The van der Waals surface area contributed by atoms with Crippen molar-refractivity contribution in [2.75, 3.05) is 0 Å². The second-order valence-electron chi connectivity index (χ2n) is 4.82. The number of aliphatic hydroxyl groups is 1. The molecule has 0 aliphatic carbocycles. The molecule has 0 aromatic heterocycles. The van der Waals surface area contributed by atoms with Crippen molar-refractivity contribution in [1.82, 2.24) is 0 Å². The van der Waals surface area contributed by atoms with Crippen molar-refractivity contribution in [3.63, 3.8) is 0 Å². The highest BCUT2D eigenvalue weighted by atomic mass is 16.4. The Labute approximate surface area is 105 Å². The third kappa shape index (κ3) is 13.4. The summed E-state index contributed by atoms with van der Waals surface area (Å²) in [6.07, 6.45) is 11.1. The van der Waals surface area contributed by atoms with E-state index in [1.54, 1.807) is 0 Å². The van der Waals surface area contributed by atoms with E-state index in [2.05, 4.69) is 0 Å². The zero-order chi connectivity index (χ0) is 12.9. The number of aliphatic carboxylic acids is 1. The van der Waals surface area contributed by atoms with Crippen LogP contribution < -0.4 is 0 Å². The van der Waals surface area contributed by atoms with Gasteiger partial charge in [0, 0.05) is 6.42 Å². The number of carbonyl (C=O) groups is 1. The molecule has 17 heavy (non-hydrogen) atoms. The summed E-state index contributed by atoms with van der Waals surface area (Å²) in [5.41, 5.74) is 0. The first kappa shape index (κ1) is 16.4. The summed E-state index contributed by atoms with van der Waals surface area (Å²) in [7, 11) is 0. The Balaban J connectivity index is 3.01. The Kier molecular flexibility index (Phi) is 11.5. The third-order valence-corrected chi connectivity index (χ3v) is 3.15. The highest BCUT2D eigenvalue weighted by molar-refractivity contribution is 5.66. The molecule has 102 valence electrons. The maximum Gasteiger partial charge on any atom is 0.303 e. The molecule has 1 unspecified atom stereocenters. The van der Waals surface area contributed by atoms with Crippen molar-refractivity contribution >= 4 is 5.97 Å². The van der Waals surface area contributed by atoms with Crippen molar-refractivity contribution in [3.8, 4) is 0 Å². The first-order chi connectivity index (χ1) is 8.16. The summed E-state index contributed by atoms with van der Waals surface area (Å²) in [6, 6.07) is 0. The Hall–Kier alpha value is -0.570. The van der Waals surface area contributed by atoms with E-state index < -0.39 is 5.97 Å². The predicted molar refractivity (Wildman–Crippen MR) is 70.1 cm³/mol. The minimum atomic E-state index is -0.681. The van der Waals surface area contributed by atoms with Crippen LogP contribution in [0, 0.1) is 0 Å². The molecule has 0 saturated heterocycles. The van der Waals surface area contributed by atoms with Gasteiger partial charge >= 0.3 is 5.97 Å². The Morgan fingerprint density at radius 3 is 1.88 bits per heavy atom. The molecule has 0 amide bonds. The lowest BCUT2D eigenvalue weighted by Crippen LogP contribution is -2.03. The van der Waals surface area contributed by atoms with Gasteiger partial charge in [0.25, 0.3) is 0 Å². The first-order valence-corrected chi connectivity index (χ1v) is 7.06. The molecule has 3 heteroatoms. The molecular weight excluding hydrogens is 216 g/mol. The minimum Gasteiger partial charge on any atom is -0.481 e. The number of hydrogen-bond donors (Lipinski definition) is 2. The van der Waals surface area contributed by atoms with Gasteiger partial charge in [0.2, 0.25) is 0 Å². The van der Waals surface area contributed by atoms with Crippen LogP contribution in [0.2, 0.25) is 0 Å². The van der Waals surface area contributed by atoms with E-state index in [1.807, 2.05) is 6.92 Å². The SMILES string of the molecule is CCC(O)CCCCCCCCCCC(=O)O. The zero-order valence-corrected chi connectivity index (χ0v) is 11.2. The second kappa shape index (κ2) is 11.9. The van der Waals surface area contributed by atoms with Crippen LogP contribution in [0.4, 0.5) is 0 Å². The fourth-order valence-corrected chi connectivity index (χ4v) is 1.92. The Morgan fingerprint density at radius 1 is 0.941 bits per heavy atom. The monoisotopic (exact) mass is 244 g/mol. The fraction of sp³-hybridized carbons (Fsp3) is 0.929. The molecule has 0 heterocycles. The number of aliphatic hydroxyl groups excluding tert-OH is 1. The lowest BCUT2D eigenvalue weighted by molar-refractivity contribution is -0.137. The van der Waals surface area contributed by atoms with E-state index in [0.29, 0.717) is 6.42 Å². The molecular formula is C14H28O3. The molecule has 0 bridgehead atoms. The van der Waals surface area contributed by atoms with Crippen LogP contribution in [0.1, 0.15) is 77.6 Å². The summed E-state index contributed by atoms with van der Waals surface area (Å²) in [5.74, 6) is -0.681. The van der Waals surface area contributed by atoms with E-state index in [-0.39, 0.29) is 6.10 Å². The van der Waals surface area contributed by atoms with Crippen molar-refractivity contribution in [3.05, 3.63) is 0 Å². The number of rotatable bonds is 12. The molecule has 0 spiro atoms. The first-order valence-electron chi connectivity index (χ1n) is 7.06. The van der Waals surface area contributed by atoms with Crippen molar-refractivity contribution in [2.45, 2.75) is 83.7 Å². The van der Waals surface area contributed by atoms with E-state index in [1.165, 1.54) is 25.7 Å². The van der Waals surface area contributed by atoms with Crippen molar-refractivity contribution in [1.29, 1.82) is 0 Å². The van der Waals surface area contributed by atoms with Gasteiger partial charge in [0.1, 0.15) is 0 Å². The molecule has 0 saturated carbocycles. The van der Waals surface area contributed by atoms with Crippen LogP contribution in [-0.4, -0.2) is 22.3 Å². The summed E-state index contributed by atoms with van der Waals surface area (Å²) < 4.78 is 0. The van der Waals surface area contributed by atoms with Gasteiger partial charge < -0.3 is 10.2 Å². The van der Waals surface area contributed by atoms with Gasteiger partial charge in [0.15, 0.2) is 0 Å². The van der Waals surface area contributed by atoms with Gasteiger partial charge in [-0.05, 0) is 19.3 Å². The topological polar surface area (TPSA) is 57.5 Å². The summed E-state index contributed by atoms with van der Waals surface area (Å²) in [4.78, 5) is 10.3. The van der Waals surface area contributed by atoms with Gasteiger partial charge in [-0.3, -0.25) is 4.79 Å². The lowest BCUT2D eigenvalue weighted by Gasteiger charge is -2.06. The van der Waals surface area contributed by atoms with Crippen LogP contribution in [0.5, 0.6) is 0 Å². The smallest absolute Gasteiger partial charge is 0.303 e. The molecule has 2 N–H and O–H groups in total. The third-order valence-electron chi connectivity index (χ3n) is 3.15. The molecule has 0 aliphatic heterocycles. The zero-order valence-electron chi connectivity index (χ0n) is 11.2. The number of carboxylic acid groups (broad SMARTS) is 1. The normalized spacial score (nSPS) is 12.6. The largest absolute Gasteiger partial charge is 0.481 e. The van der Waals surface area contributed by atoms with Gasteiger partial charge in [0.05, 0.1) is 6.10 Å². The second-order valence-corrected chi connectivity index (χ2v) is 4.82. The van der Waals surface area contributed by atoms with Gasteiger partial charge in [-0.1, -0.05) is 51.9 Å². The van der Waals surface area contributed by atoms with Crippen LogP contribution in [0.25, 0.3) is 0 Å². The van der Waals surface area contributed by atoms with Gasteiger partial charge in [-0.15, -0.1) is 0 Å². The highest BCUT2D eigenvalue weighted by Crippen LogP contribution is 2.12. The maximum absolute atomic E-state index is 10.3. The summed E-state index contributed by atoms with van der Waals surface area (Å²) in [5, 5.41) is 17.8. The molecule has 3 nitrogen and oxygen atoms in total. The molecule has 0 radical (unpaired) electrons. The molecule has 0 rings (SSSR count). The molecule has 0 fully saturated rings.